The van der Waals surface area contributed by atoms with Crippen molar-refractivity contribution in [1.82, 2.24) is 14.7 Å². The fourth-order valence-electron chi connectivity index (χ4n) is 4.61. The number of carbonyl (C=O) groups excluding carboxylic acids is 1. The predicted octanol–water partition coefficient (Wildman–Crippen LogP) is 5.72. The molecule has 0 bridgehead atoms. The minimum absolute atomic E-state index is 0.0957. The van der Waals surface area contributed by atoms with Gasteiger partial charge in [-0.15, -0.1) is 0 Å². The van der Waals surface area contributed by atoms with E-state index in [1.165, 1.54) is 11.8 Å². The average Bonchev–Trinajstić information content (AvgIpc) is 3.47. The molecule has 1 amide bonds. The van der Waals surface area contributed by atoms with E-state index in [4.69, 9.17) is 14.6 Å². The smallest absolute Gasteiger partial charge is 0.286 e. The van der Waals surface area contributed by atoms with Gasteiger partial charge in [0.1, 0.15) is 11.4 Å². The number of nitrogens with zero attached hydrogens (tertiary/aromatic N) is 4. The van der Waals surface area contributed by atoms with Gasteiger partial charge < -0.3 is 14.4 Å². The van der Waals surface area contributed by atoms with Gasteiger partial charge in [-0.1, -0.05) is 25.1 Å². The van der Waals surface area contributed by atoms with Crippen molar-refractivity contribution in [2.24, 2.45) is 4.99 Å². The SMILES string of the molecule is CCCOc1ccc(-c2nn(-c3ccccc3)cc2/C=C2\SC(N3C[C@@H](C)O[C@@H](C)C3)=NC2=O)cc1C. The van der Waals surface area contributed by atoms with E-state index in [1.807, 2.05) is 80.2 Å². The molecule has 2 aromatic carbocycles. The minimum atomic E-state index is -0.218. The van der Waals surface area contributed by atoms with Gasteiger partial charge in [-0.05, 0) is 80.9 Å². The van der Waals surface area contributed by atoms with Crippen LogP contribution >= 0.6 is 11.8 Å². The van der Waals surface area contributed by atoms with E-state index in [9.17, 15) is 4.79 Å². The van der Waals surface area contributed by atoms with Crippen LogP contribution in [0.1, 0.15) is 38.3 Å². The van der Waals surface area contributed by atoms with E-state index in [0.717, 1.165) is 58.5 Å². The van der Waals surface area contributed by atoms with Crippen LogP contribution in [0.4, 0.5) is 0 Å². The van der Waals surface area contributed by atoms with Crippen molar-refractivity contribution in [3.05, 3.63) is 70.8 Å². The number of para-hydroxylation sites is 1. The van der Waals surface area contributed by atoms with Crippen molar-refractivity contribution in [2.45, 2.75) is 46.3 Å². The first kappa shape index (κ1) is 25.3. The molecular formula is C29H32N4O3S. The van der Waals surface area contributed by atoms with Crippen LogP contribution < -0.4 is 4.74 Å². The molecule has 0 N–H and O–H groups in total. The molecule has 3 aromatic rings. The molecule has 1 saturated heterocycles. The molecule has 0 spiro atoms. The second-order valence-corrected chi connectivity index (χ2v) is 10.5. The Hall–Kier alpha value is -3.36. The number of aliphatic imine (C=N–C) groups is 1. The Balaban J connectivity index is 1.49. The van der Waals surface area contributed by atoms with Gasteiger partial charge in [-0.3, -0.25) is 4.79 Å². The monoisotopic (exact) mass is 516 g/mol. The molecule has 0 unspecified atom stereocenters. The zero-order chi connectivity index (χ0) is 25.9. The molecule has 0 aliphatic carbocycles. The molecule has 192 valence electrons. The van der Waals surface area contributed by atoms with Crippen LogP contribution in [0.25, 0.3) is 23.0 Å². The van der Waals surface area contributed by atoms with Crippen molar-refractivity contribution >= 4 is 28.9 Å². The first-order chi connectivity index (χ1) is 17.9. The maximum Gasteiger partial charge on any atom is 0.286 e. The number of morpholine rings is 1. The highest BCUT2D eigenvalue weighted by Gasteiger charge is 2.31. The van der Waals surface area contributed by atoms with E-state index >= 15 is 0 Å². The van der Waals surface area contributed by atoms with Crippen LogP contribution in [-0.4, -0.2) is 57.7 Å². The number of hydrogen-bond acceptors (Lipinski definition) is 6. The second-order valence-electron chi connectivity index (χ2n) is 9.51. The van der Waals surface area contributed by atoms with Crippen molar-refractivity contribution in [2.75, 3.05) is 19.7 Å². The Morgan fingerprint density at radius 3 is 2.59 bits per heavy atom. The Morgan fingerprint density at radius 2 is 1.89 bits per heavy atom. The summed E-state index contributed by atoms with van der Waals surface area (Å²) in [7, 11) is 0. The second kappa shape index (κ2) is 10.9. The van der Waals surface area contributed by atoms with Gasteiger partial charge in [0, 0.05) is 30.4 Å². The molecule has 0 saturated carbocycles. The molecule has 1 fully saturated rings. The number of carbonyl (C=O) groups is 1. The summed E-state index contributed by atoms with van der Waals surface area (Å²) in [5.74, 6) is 0.659. The van der Waals surface area contributed by atoms with Crippen molar-refractivity contribution in [1.29, 1.82) is 0 Å². The third kappa shape index (κ3) is 5.65. The van der Waals surface area contributed by atoms with E-state index in [0.29, 0.717) is 11.5 Å². The zero-order valence-corrected chi connectivity index (χ0v) is 22.5. The predicted molar refractivity (Wildman–Crippen MR) is 149 cm³/mol. The van der Waals surface area contributed by atoms with Crippen LogP contribution in [0.15, 0.2) is 64.6 Å². The lowest BCUT2D eigenvalue weighted by molar-refractivity contribution is -0.113. The maximum absolute atomic E-state index is 12.9. The lowest BCUT2D eigenvalue weighted by Gasteiger charge is -2.35. The number of thioether (sulfide) groups is 1. The molecule has 37 heavy (non-hydrogen) atoms. The van der Waals surface area contributed by atoms with Crippen molar-refractivity contribution in [3.63, 3.8) is 0 Å². The number of ether oxygens (including phenoxy) is 2. The van der Waals surface area contributed by atoms with Crippen molar-refractivity contribution < 1.29 is 14.3 Å². The lowest BCUT2D eigenvalue weighted by atomic mass is 10.0. The fourth-order valence-corrected chi connectivity index (χ4v) is 5.53. The Morgan fingerprint density at radius 1 is 1.14 bits per heavy atom. The van der Waals surface area contributed by atoms with Gasteiger partial charge in [0.05, 0.1) is 29.4 Å². The quantitative estimate of drug-likeness (QED) is 0.391. The van der Waals surface area contributed by atoms with Crippen LogP contribution in [0.5, 0.6) is 5.75 Å². The number of amidine groups is 1. The summed E-state index contributed by atoms with van der Waals surface area (Å²) < 4.78 is 13.6. The van der Waals surface area contributed by atoms with Gasteiger partial charge in [0.2, 0.25) is 0 Å². The van der Waals surface area contributed by atoms with Crippen molar-refractivity contribution in [3.8, 4) is 22.7 Å². The third-order valence-electron chi connectivity index (χ3n) is 6.26. The fraction of sp³-hybridized carbons (Fsp3) is 0.345. The number of aromatic nitrogens is 2. The van der Waals surface area contributed by atoms with Crippen LogP contribution in [-0.2, 0) is 9.53 Å². The Kier molecular flexibility index (Phi) is 7.48. The topological polar surface area (TPSA) is 68.9 Å². The number of amides is 1. The molecule has 7 nitrogen and oxygen atoms in total. The van der Waals surface area contributed by atoms with E-state index in [1.54, 1.807) is 0 Å². The summed E-state index contributed by atoms with van der Waals surface area (Å²) in [6.45, 7) is 10.4. The summed E-state index contributed by atoms with van der Waals surface area (Å²) in [6.07, 6.45) is 5.03. The summed E-state index contributed by atoms with van der Waals surface area (Å²) in [6, 6.07) is 16.1. The first-order valence-corrected chi connectivity index (χ1v) is 13.5. The van der Waals surface area contributed by atoms with Gasteiger partial charge >= 0.3 is 0 Å². The first-order valence-electron chi connectivity index (χ1n) is 12.7. The summed E-state index contributed by atoms with van der Waals surface area (Å²) >= 11 is 1.42. The minimum Gasteiger partial charge on any atom is -0.493 e. The Labute approximate surface area is 222 Å². The van der Waals surface area contributed by atoms with Gasteiger partial charge in [-0.2, -0.15) is 10.1 Å². The largest absolute Gasteiger partial charge is 0.493 e. The molecule has 2 aliphatic heterocycles. The number of aryl methyl sites for hydroxylation is 1. The van der Waals surface area contributed by atoms with Gasteiger partial charge in [-0.25, -0.2) is 4.68 Å². The molecule has 2 atom stereocenters. The molecule has 2 aliphatic rings. The third-order valence-corrected chi connectivity index (χ3v) is 7.30. The molecule has 0 radical (unpaired) electrons. The highest BCUT2D eigenvalue weighted by molar-refractivity contribution is 8.18. The van der Waals surface area contributed by atoms with Crippen LogP contribution in [0.3, 0.4) is 0 Å². The van der Waals surface area contributed by atoms with Gasteiger partial charge in [0.25, 0.3) is 5.91 Å². The normalized spacial score (nSPS) is 21.0. The molecular weight excluding hydrogens is 484 g/mol. The number of rotatable bonds is 6. The maximum atomic E-state index is 12.9. The highest BCUT2D eigenvalue weighted by atomic mass is 32.2. The standard InChI is InChI=1S/C29H32N4O3S/c1-5-13-35-25-12-11-22(14-19(25)2)27-23(18-33(31-27)24-9-7-6-8-10-24)15-26-28(34)30-29(37-26)32-16-20(3)36-21(4)17-32/h6-12,14-15,18,20-21H,5,13,16-17H2,1-4H3/b26-15-/t20-,21+. The molecule has 1 aromatic heterocycles. The van der Waals surface area contributed by atoms with E-state index in [2.05, 4.69) is 22.9 Å². The summed E-state index contributed by atoms with van der Waals surface area (Å²) in [5, 5.41) is 5.67. The van der Waals surface area contributed by atoms with Crippen LogP contribution in [0.2, 0.25) is 0 Å². The van der Waals surface area contributed by atoms with Crippen LogP contribution in [0, 0.1) is 6.92 Å². The number of hydrogen-bond donors (Lipinski definition) is 0. The van der Waals surface area contributed by atoms with E-state index in [-0.39, 0.29) is 18.1 Å². The summed E-state index contributed by atoms with van der Waals surface area (Å²) in [5.41, 5.74) is 4.63. The Bertz CT molecular complexity index is 1340. The average molecular weight is 517 g/mol. The lowest BCUT2D eigenvalue weighted by Crippen LogP contribution is -2.47. The van der Waals surface area contributed by atoms with E-state index < -0.39 is 0 Å². The molecule has 8 heteroatoms. The number of benzene rings is 2. The molecule has 3 heterocycles. The molecule has 5 rings (SSSR count). The summed E-state index contributed by atoms with van der Waals surface area (Å²) in [4.78, 5) is 20.1. The highest BCUT2D eigenvalue weighted by Crippen LogP contribution is 2.35. The van der Waals surface area contributed by atoms with Gasteiger partial charge in [0.15, 0.2) is 5.17 Å². The zero-order valence-electron chi connectivity index (χ0n) is 21.7.